The monoisotopic (exact) mass is 357 g/mol. The molecule has 15 heavy (non-hydrogen) atoms. The van der Waals surface area contributed by atoms with Gasteiger partial charge in [-0.15, -0.1) is 12.4 Å². The second kappa shape index (κ2) is 6.48. The Morgan fingerprint density at radius 2 is 1.80 bits per heavy atom. The molecule has 1 aromatic carbocycles. The van der Waals surface area contributed by atoms with Crippen molar-refractivity contribution in [3.05, 3.63) is 32.7 Å². The minimum Gasteiger partial charge on any atom is -0.481 e. The van der Waals surface area contributed by atoms with E-state index in [1.54, 1.807) is 0 Å². The van der Waals surface area contributed by atoms with E-state index in [9.17, 15) is 4.79 Å². The largest absolute Gasteiger partial charge is 0.481 e. The van der Waals surface area contributed by atoms with Crippen LogP contribution in [0.4, 0.5) is 0 Å². The Kier molecular flexibility index (Phi) is 6.43. The van der Waals surface area contributed by atoms with Gasteiger partial charge in [0.15, 0.2) is 0 Å². The zero-order valence-electron chi connectivity index (χ0n) is 7.61. The fraction of sp³-hybridized carbons (Fsp3) is 0.222. The highest BCUT2D eigenvalue weighted by atomic mass is 79.9. The first-order valence-electron chi connectivity index (χ1n) is 3.92. The first kappa shape index (κ1) is 14.9. The number of hydrogen-bond acceptors (Lipinski definition) is 2. The molecule has 0 radical (unpaired) electrons. The van der Waals surface area contributed by atoms with Crippen molar-refractivity contribution in [2.45, 2.75) is 12.5 Å². The molecule has 3 N–H and O–H groups in total. The van der Waals surface area contributed by atoms with Gasteiger partial charge in [-0.05, 0) is 23.8 Å². The normalized spacial score (nSPS) is 11.7. The van der Waals surface area contributed by atoms with Crippen molar-refractivity contribution in [2.24, 2.45) is 5.73 Å². The summed E-state index contributed by atoms with van der Waals surface area (Å²) < 4.78 is 1.76. The number of benzene rings is 1. The fourth-order valence-electron chi connectivity index (χ4n) is 1.10. The first-order chi connectivity index (χ1) is 6.49. The van der Waals surface area contributed by atoms with E-state index in [0.29, 0.717) is 0 Å². The number of carboxylic acid groups (broad SMARTS) is 1. The lowest BCUT2D eigenvalue weighted by Gasteiger charge is -2.10. The van der Waals surface area contributed by atoms with Gasteiger partial charge in [0.05, 0.1) is 6.42 Å². The SMILES string of the molecule is Cl.NC(CC(=O)O)c1cc(Br)cc(Br)c1. The van der Waals surface area contributed by atoms with Gasteiger partial charge >= 0.3 is 5.97 Å². The van der Waals surface area contributed by atoms with E-state index in [-0.39, 0.29) is 18.8 Å². The molecule has 1 atom stereocenters. The Hall–Kier alpha value is -0.100. The van der Waals surface area contributed by atoms with Gasteiger partial charge < -0.3 is 10.8 Å². The lowest BCUT2D eigenvalue weighted by atomic mass is 10.1. The number of rotatable bonds is 3. The second-order valence-corrected chi connectivity index (χ2v) is 4.74. The van der Waals surface area contributed by atoms with Crippen LogP contribution in [0.5, 0.6) is 0 Å². The third-order valence-corrected chi connectivity index (χ3v) is 2.62. The van der Waals surface area contributed by atoms with Crippen LogP contribution in [0.1, 0.15) is 18.0 Å². The van der Waals surface area contributed by atoms with Crippen LogP contribution in [0.25, 0.3) is 0 Å². The molecule has 3 nitrogen and oxygen atoms in total. The predicted molar refractivity (Wildman–Crippen MR) is 68.3 cm³/mol. The minimum absolute atomic E-state index is 0. The van der Waals surface area contributed by atoms with Gasteiger partial charge in [-0.1, -0.05) is 31.9 Å². The van der Waals surface area contributed by atoms with Crippen molar-refractivity contribution in [3.63, 3.8) is 0 Å². The van der Waals surface area contributed by atoms with Crippen molar-refractivity contribution >= 4 is 50.2 Å². The zero-order chi connectivity index (χ0) is 10.7. The van der Waals surface area contributed by atoms with E-state index in [4.69, 9.17) is 10.8 Å². The molecule has 1 rings (SSSR count). The summed E-state index contributed by atoms with van der Waals surface area (Å²) in [5.41, 5.74) is 6.51. The van der Waals surface area contributed by atoms with E-state index < -0.39 is 12.0 Å². The molecule has 0 aliphatic rings. The molecule has 0 spiro atoms. The van der Waals surface area contributed by atoms with Gasteiger partial charge in [-0.3, -0.25) is 4.79 Å². The van der Waals surface area contributed by atoms with Crippen LogP contribution in [0.2, 0.25) is 0 Å². The molecule has 0 aliphatic carbocycles. The van der Waals surface area contributed by atoms with Crippen molar-refractivity contribution < 1.29 is 9.90 Å². The minimum atomic E-state index is -0.895. The van der Waals surface area contributed by atoms with Crippen LogP contribution in [0.3, 0.4) is 0 Å². The molecular weight excluding hydrogens is 349 g/mol. The molecule has 84 valence electrons. The highest BCUT2D eigenvalue weighted by molar-refractivity contribution is 9.11. The van der Waals surface area contributed by atoms with Crippen molar-refractivity contribution in [1.29, 1.82) is 0 Å². The summed E-state index contributed by atoms with van der Waals surface area (Å²) in [4.78, 5) is 10.4. The third-order valence-electron chi connectivity index (χ3n) is 1.71. The Labute approximate surface area is 111 Å². The van der Waals surface area contributed by atoms with Crippen molar-refractivity contribution in [2.75, 3.05) is 0 Å². The van der Waals surface area contributed by atoms with E-state index in [1.807, 2.05) is 18.2 Å². The van der Waals surface area contributed by atoms with Crippen LogP contribution in [0, 0.1) is 0 Å². The maximum absolute atomic E-state index is 10.4. The number of hydrogen-bond donors (Lipinski definition) is 2. The van der Waals surface area contributed by atoms with Crippen LogP contribution >= 0.6 is 44.3 Å². The van der Waals surface area contributed by atoms with Crippen LogP contribution in [0.15, 0.2) is 27.1 Å². The second-order valence-electron chi connectivity index (χ2n) is 2.91. The molecule has 0 heterocycles. The van der Waals surface area contributed by atoms with Gasteiger partial charge in [-0.2, -0.15) is 0 Å². The molecule has 1 unspecified atom stereocenters. The average molecular weight is 359 g/mol. The Morgan fingerprint density at radius 1 is 1.33 bits per heavy atom. The van der Waals surface area contributed by atoms with Crippen LogP contribution < -0.4 is 5.73 Å². The molecule has 6 heteroatoms. The summed E-state index contributed by atoms with van der Waals surface area (Å²) in [6.45, 7) is 0. The highest BCUT2D eigenvalue weighted by Gasteiger charge is 2.11. The van der Waals surface area contributed by atoms with Crippen LogP contribution in [-0.4, -0.2) is 11.1 Å². The molecule has 0 saturated heterocycles. The lowest BCUT2D eigenvalue weighted by Crippen LogP contribution is -2.14. The Bertz CT molecular complexity index is 340. The van der Waals surface area contributed by atoms with E-state index in [2.05, 4.69) is 31.9 Å². The number of carbonyl (C=O) groups is 1. The van der Waals surface area contributed by atoms with Gasteiger partial charge in [0.2, 0.25) is 0 Å². The standard InChI is InChI=1S/C9H9Br2NO2.ClH/c10-6-1-5(2-7(11)3-6)8(12)4-9(13)14;/h1-3,8H,4,12H2,(H,13,14);1H. The van der Waals surface area contributed by atoms with Gasteiger partial charge in [0, 0.05) is 15.0 Å². The summed E-state index contributed by atoms with van der Waals surface area (Å²) in [6, 6.07) is 5.04. The summed E-state index contributed by atoms with van der Waals surface area (Å²) in [7, 11) is 0. The average Bonchev–Trinajstić information content (AvgIpc) is 2.00. The molecule has 0 amide bonds. The molecule has 0 aromatic heterocycles. The number of aliphatic carboxylic acids is 1. The summed E-state index contributed by atoms with van der Waals surface area (Å²) in [6.07, 6.45) is -0.0666. The highest BCUT2D eigenvalue weighted by Crippen LogP contribution is 2.24. The van der Waals surface area contributed by atoms with Crippen LogP contribution in [-0.2, 0) is 4.79 Å². The molecule has 0 aliphatic heterocycles. The number of halogens is 3. The molecule has 0 fully saturated rings. The maximum Gasteiger partial charge on any atom is 0.305 e. The quantitative estimate of drug-likeness (QED) is 0.872. The van der Waals surface area contributed by atoms with Crippen molar-refractivity contribution in [3.8, 4) is 0 Å². The first-order valence-corrected chi connectivity index (χ1v) is 5.51. The Morgan fingerprint density at radius 3 is 2.20 bits per heavy atom. The van der Waals surface area contributed by atoms with E-state index in [0.717, 1.165) is 14.5 Å². The molecule has 1 aromatic rings. The third kappa shape index (κ3) is 4.97. The molecule has 0 bridgehead atoms. The Balaban J connectivity index is 0.00000196. The molecular formula is C9H10Br2ClNO2. The smallest absolute Gasteiger partial charge is 0.305 e. The van der Waals surface area contributed by atoms with E-state index in [1.165, 1.54) is 0 Å². The summed E-state index contributed by atoms with van der Waals surface area (Å²) in [5, 5.41) is 8.58. The molecule has 0 saturated carbocycles. The van der Waals surface area contributed by atoms with E-state index >= 15 is 0 Å². The fourth-order valence-corrected chi connectivity index (χ4v) is 2.42. The van der Waals surface area contributed by atoms with Gasteiger partial charge in [0.25, 0.3) is 0 Å². The van der Waals surface area contributed by atoms with Gasteiger partial charge in [0.1, 0.15) is 0 Å². The lowest BCUT2D eigenvalue weighted by molar-refractivity contribution is -0.137. The number of nitrogens with two attached hydrogens (primary N) is 1. The number of carboxylic acids is 1. The summed E-state index contributed by atoms with van der Waals surface area (Å²) >= 11 is 6.63. The van der Waals surface area contributed by atoms with Crippen molar-refractivity contribution in [1.82, 2.24) is 0 Å². The zero-order valence-corrected chi connectivity index (χ0v) is 11.6. The maximum atomic E-state index is 10.4. The predicted octanol–water partition coefficient (Wildman–Crippen LogP) is 3.11. The van der Waals surface area contributed by atoms with Gasteiger partial charge in [-0.25, -0.2) is 0 Å². The summed E-state index contributed by atoms with van der Waals surface area (Å²) in [5.74, 6) is -0.895. The topological polar surface area (TPSA) is 63.3 Å².